The first-order chi connectivity index (χ1) is 8.27. The Morgan fingerprint density at radius 2 is 1.76 bits per heavy atom. The van der Waals surface area contributed by atoms with Gasteiger partial charge in [0.05, 0.1) is 4.83 Å². The minimum atomic E-state index is 0.288. The van der Waals surface area contributed by atoms with Crippen LogP contribution >= 0.6 is 31.9 Å². The fourth-order valence-electron chi connectivity index (χ4n) is 2.21. The molecule has 1 aromatic carbocycles. The number of fused-ring (bicyclic) bond motifs is 1. The molecule has 3 rings (SSSR count). The molecule has 1 aliphatic rings. The predicted molar refractivity (Wildman–Crippen MR) is 74.5 cm³/mol. The molecule has 1 aromatic heterocycles. The normalized spacial score (nSPS) is 23.4. The SMILES string of the molecule is BrC1CCC(Br)c2c(-c3ccccc3)noc21. The molecule has 0 spiro atoms. The van der Waals surface area contributed by atoms with Gasteiger partial charge in [-0.15, -0.1) is 0 Å². The lowest BCUT2D eigenvalue weighted by Crippen LogP contribution is -2.05. The van der Waals surface area contributed by atoms with Crippen molar-refractivity contribution in [3.8, 4) is 11.3 Å². The van der Waals surface area contributed by atoms with E-state index in [0.29, 0.717) is 4.83 Å². The van der Waals surface area contributed by atoms with E-state index in [1.54, 1.807) is 0 Å². The Morgan fingerprint density at radius 3 is 2.53 bits per heavy atom. The first-order valence-electron chi connectivity index (χ1n) is 5.60. The topological polar surface area (TPSA) is 26.0 Å². The fraction of sp³-hybridized carbons (Fsp3) is 0.308. The Balaban J connectivity index is 2.14. The number of benzene rings is 1. The van der Waals surface area contributed by atoms with Crippen molar-refractivity contribution < 1.29 is 4.52 Å². The van der Waals surface area contributed by atoms with E-state index < -0.39 is 0 Å². The van der Waals surface area contributed by atoms with Crippen LogP contribution in [0.4, 0.5) is 0 Å². The lowest BCUT2D eigenvalue weighted by molar-refractivity contribution is 0.372. The molecule has 0 saturated heterocycles. The molecule has 2 atom stereocenters. The lowest BCUT2D eigenvalue weighted by atomic mass is 9.94. The van der Waals surface area contributed by atoms with E-state index in [1.165, 1.54) is 5.56 Å². The molecule has 4 heteroatoms. The van der Waals surface area contributed by atoms with Crippen LogP contribution in [0.25, 0.3) is 11.3 Å². The highest BCUT2D eigenvalue weighted by Gasteiger charge is 2.32. The summed E-state index contributed by atoms with van der Waals surface area (Å²) in [5.41, 5.74) is 3.28. The zero-order chi connectivity index (χ0) is 11.8. The second-order valence-electron chi connectivity index (χ2n) is 4.19. The van der Waals surface area contributed by atoms with Crippen molar-refractivity contribution in [1.29, 1.82) is 0 Å². The maximum atomic E-state index is 5.50. The van der Waals surface area contributed by atoms with Gasteiger partial charge in [0.1, 0.15) is 5.69 Å². The average Bonchev–Trinajstić information content (AvgIpc) is 2.81. The van der Waals surface area contributed by atoms with Crippen LogP contribution in [0.3, 0.4) is 0 Å². The maximum absolute atomic E-state index is 5.50. The van der Waals surface area contributed by atoms with Gasteiger partial charge in [0, 0.05) is 16.0 Å². The lowest BCUT2D eigenvalue weighted by Gasteiger charge is -2.20. The Kier molecular flexibility index (Phi) is 3.09. The third-order valence-corrected chi connectivity index (χ3v) is 4.86. The van der Waals surface area contributed by atoms with Gasteiger partial charge in [-0.2, -0.15) is 0 Å². The summed E-state index contributed by atoms with van der Waals surface area (Å²) in [6, 6.07) is 10.2. The van der Waals surface area contributed by atoms with Gasteiger partial charge in [-0.3, -0.25) is 0 Å². The van der Waals surface area contributed by atoms with Gasteiger partial charge >= 0.3 is 0 Å². The molecule has 0 radical (unpaired) electrons. The Bertz CT molecular complexity index is 523. The Labute approximate surface area is 117 Å². The van der Waals surface area contributed by atoms with Crippen LogP contribution in [0.2, 0.25) is 0 Å². The number of hydrogen-bond acceptors (Lipinski definition) is 2. The Morgan fingerprint density at radius 1 is 1.06 bits per heavy atom. The summed E-state index contributed by atoms with van der Waals surface area (Å²) in [4.78, 5) is 0.629. The van der Waals surface area contributed by atoms with E-state index in [1.807, 2.05) is 18.2 Å². The van der Waals surface area contributed by atoms with Crippen molar-refractivity contribution in [2.24, 2.45) is 0 Å². The van der Waals surface area contributed by atoms with Crippen molar-refractivity contribution in [1.82, 2.24) is 5.16 Å². The van der Waals surface area contributed by atoms with E-state index in [0.717, 1.165) is 29.9 Å². The molecule has 0 bridgehead atoms. The fourth-order valence-corrected chi connectivity index (χ4v) is 3.51. The number of nitrogens with zero attached hydrogens (tertiary/aromatic N) is 1. The summed E-state index contributed by atoms with van der Waals surface area (Å²) >= 11 is 7.37. The van der Waals surface area contributed by atoms with Crippen LogP contribution in [0, 0.1) is 0 Å². The zero-order valence-corrected chi connectivity index (χ0v) is 12.2. The number of halogens is 2. The average molecular weight is 357 g/mol. The van der Waals surface area contributed by atoms with Gasteiger partial charge in [-0.1, -0.05) is 67.3 Å². The van der Waals surface area contributed by atoms with Crippen molar-refractivity contribution in [3.05, 3.63) is 41.7 Å². The van der Waals surface area contributed by atoms with Crippen molar-refractivity contribution in [3.63, 3.8) is 0 Å². The first kappa shape index (κ1) is 11.5. The van der Waals surface area contributed by atoms with Crippen LogP contribution in [-0.2, 0) is 0 Å². The summed E-state index contributed by atoms with van der Waals surface area (Å²) < 4.78 is 5.50. The molecule has 17 heavy (non-hydrogen) atoms. The summed E-state index contributed by atoms with van der Waals surface area (Å²) in [6.07, 6.45) is 2.18. The summed E-state index contributed by atoms with van der Waals surface area (Å²) in [6.45, 7) is 0. The van der Waals surface area contributed by atoms with Crippen molar-refractivity contribution >= 4 is 31.9 Å². The van der Waals surface area contributed by atoms with Crippen LogP contribution in [-0.4, -0.2) is 5.16 Å². The highest BCUT2D eigenvalue weighted by molar-refractivity contribution is 9.09. The molecule has 0 saturated carbocycles. The molecule has 2 aromatic rings. The van der Waals surface area contributed by atoms with Crippen molar-refractivity contribution in [2.45, 2.75) is 22.5 Å². The monoisotopic (exact) mass is 355 g/mol. The van der Waals surface area contributed by atoms with E-state index in [9.17, 15) is 0 Å². The second-order valence-corrected chi connectivity index (χ2v) is 6.40. The number of rotatable bonds is 1. The van der Waals surface area contributed by atoms with Gasteiger partial charge < -0.3 is 4.52 Å². The third kappa shape index (κ3) is 1.97. The second kappa shape index (κ2) is 4.58. The van der Waals surface area contributed by atoms with Crippen molar-refractivity contribution in [2.75, 3.05) is 0 Å². The van der Waals surface area contributed by atoms with Gasteiger partial charge in [0.25, 0.3) is 0 Å². The smallest absolute Gasteiger partial charge is 0.155 e. The summed E-state index contributed by atoms with van der Waals surface area (Å²) in [7, 11) is 0. The van der Waals surface area contributed by atoms with Gasteiger partial charge in [-0.25, -0.2) is 0 Å². The zero-order valence-electron chi connectivity index (χ0n) is 9.07. The van der Waals surface area contributed by atoms with Gasteiger partial charge in [-0.05, 0) is 12.8 Å². The maximum Gasteiger partial charge on any atom is 0.155 e. The molecule has 88 valence electrons. The van der Waals surface area contributed by atoms with E-state index in [-0.39, 0.29) is 4.83 Å². The summed E-state index contributed by atoms with van der Waals surface area (Å²) in [5.74, 6) is 0.969. The quantitative estimate of drug-likeness (QED) is 0.671. The standard InChI is InChI=1S/C13H11Br2NO/c14-9-6-7-10(15)13-11(9)12(16-17-13)8-4-2-1-3-5-8/h1-5,9-10H,6-7H2. The number of hydrogen-bond donors (Lipinski definition) is 0. The van der Waals surface area contributed by atoms with Crippen LogP contribution in [0.1, 0.15) is 33.8 Å². The highest BCUT2D eigenvalue weighted by atomic mass is 79.9. The summed E-state index contributed by atoms with van der Waals surface area (Å²) in [5, 5.41) is 4.23. The molecular weight excluding hydrogens is 346 g/mol. The predicted octanol–water partition coefficient (Wildman–Crippen LogP) is 5.01. The largest absolute Gasteiger partial charge is 0.359 e. The minimum Gasteiger partial charge on any atom is -0.359 e. The molecular formula is C13H11Br2NO. The minimum absolute atomic E-state index is 0.288. The third-order valence-electron chi connectivity index (χ3n) is 3.07. The molecule has 0 aliphatic heterocycles. The van der Waals surface area contributed by atoms with E-state index >= 15 is 0 Å². The van der Waals surface area contributed by atoms with E-state index in [2.05, 4.69) is 49.1 Å². The number of alkyl halides is 2. The van der Waals surface area contributed by atoms with Crippen LogP contribution < -0.4 is 0 Å². The molecule has 2 unspecified atom stereocenters. The van der Waals surface area contributed by atoms with Crippen LogP contribution in [0.15, 0.2) is 34.9 Å². The Hall–Kier alpha value is -0.610. The molecule has 1 aliphatic carbocycles. The molecule has 0 N–H and O–H groups in total. The molecule has 0 fully saturated rings. The highest BCUT2D eigenvalue weighted by Crippen LogP contribution is 2.48. The van der Waals surface area contributed by atoms with Gasteiger partial charge in [0.2, 0.25) is 0 Å². The van der Waals surface area contributed by atoms with Crippen LogP contribution in [0.5, 0.6) is 0 Å². The molecule has 0 amide bonds. The number of aromatic nitrogens is 1. The first-order valence-corrected chi connectivity index (χ1v) is 7.43. The van der Waals surface area contributed by atoms with E-state index in [4.69, 9.17) is 4.52 Å². The molecule has 1 heterocycles. The molecule has 2 nitrogen and oxygen atoms in total. The van der Waals surface area contributed by atoms with Gasteiger partial charge in [0.15, 0.2) is 5.76 Å².